The van der Waals surface area contributed by atoms with Crippen LogP contribution in [0.3, 0.4) is 0 Å². The molecule has 1 aliphatic heterocycles. The van der Waals surface area contributed by atoms with Gasteiger partial charge in [0.05, 0.1) is 0 Å². The van der Waals surface area contributed by atoms with Gasteiger partial charge in [0.2, 0.25) is 5.91 Å². The van der Waals surface area contributed by atoms with Crippen molar-refractivity contribution >= 4 is 18.3 Å². The molecule has 1 aliphatic carbocycles. The number of benzene rings is 1. The van der Waals surface area contributed by atoms with E-state index in [1.807, 2.05) is 0 Å². The molecule has 24 heavy (non-hydrogen) atoms. The van der Waals surface area contributed by atoms with E-state index in [-0.39, 0.29) is 30.2 Å². The van der Waals surface area contributed by atoms with Crippen molar-refractivity contribution < 1.29 is 18.0 Å². The summed E-state index contributed by atoms with van der Waals surface area (Å²) >= 11 is 0. The van der Waals surface area contributed by atoms with Crippen LogP contribution in [0.2, 0.25) is 0 Å². The highest BCUT2D eigenvalue weighted by Gasteiger charge is 2.58. The molecular formula is C17H22ClF3N2O. The quantitative estimate of drug-likeness (QED) is 0.864. The van der Waals surface area contributed by atoms with Gasteiger partial charge in [-0.15, -0.1) is 12.4 Å². The highest BCUT2D eigenvalue weighted by atomic mass is 35.5. The smallest absolute Gasteiger partial charge is 0.344 e. The number of carbonyl (C=O) groups is 1. The zero-order valence-corrected chi connectivity index (χ0v) is 14.1. The van der Waals surface area contributed by atoms with E-state index in [1.54, 1.807) is 30.3 Å². The summed E-state index contributed by atoms with van der Waals surface area (Å²) < 4.78 is 39.8. The molecule has 2 unspecified atom stereocenters. The minimum absolute atomic E-state index is 0. The molecular weight excluding hydrogens is 341 g/mol. The third kappa shape index (κ3) is 4.22. The zero-order valence-electron chi connectivity index (χ0n) is 13.2. The highest BCUT2D eigenvalue weighted by Crippen LogP contribution is 2.58. The van der Waals surface area contributed by atoms with Crippen LogP contribution in [-0.4, -0.2) is 31.2 Å². The van der Waals surface area contributed by atoms with Gasteiger partial charge in [-0.2, -0.15) is 13.2 Å². The number of piperidine rings is 1. The lowest BCUT2D eigenvalue weighted by Crippen LogP contribution is -2.48. The topological polar surface area (TPSA) is 41.1 Å². The largest absolute Gasteiger partial charge is 0.408 e. The van der Waals surface area contributed by atoms with Crippen LogP contribution < -0.4 is 10.6 Å². The zero-order chi connectivity index (χ0) is 16.5. The Morgan fingerprint density at radius 3 is 2.46 bits per heavy atom. The minimum atomic E-state index is -4.44. The van der Waals surface area contributed by atoms with Gasteiger partial charge in [-0.3, -0.25) is 4.79 Å². The summed E-state index contributed by atoms with van der Waals surface area (Å²) in [5, 5.41) is 5.48. The van der Waals surface area contributed by atoms with Crippen molar-refractivity contribution in [2.75, 3.05) is 13.1 Å². The molecule has 2 fully saturated rings. The molecule has 3 nitrogen and oxygen atoms in total. The fourth-order valence-corrected chi connectivity index (χ4v) is 3.57. The van der Waals surface area contributed by atoms with Gasteiger partial charge in [-0.1, -0.05) is 30.3 Å². The van der Waals surface area contributed by atoms with Gasteiger partial charge in [-0.25, -0.2) is 0 Å². The Morgan fingerprint density at radius 1 is 1.25 bits per heavy atom. The van der Waals surface area contributed by atoms with Crippen LogP contribution in [0.4, 0.5) is 13.2 Å². The van der Waals surface area contributed by atoms with Gasteiger partial charge in [0.15, 0.2) is 0 Å². The van der Waals surface area contributed by atoms with Crippen LogP contribution in [0.25, 0.3) is 0 Å². The van der Waals surface area contributed by atoms with Crippen LogP contribution in [0.15, 0.2) is 30.3 Å². The molecule has 3 rings (SSSR count). The summed E-state index contributed by atoms with van der Waals surface area (Å²) in [6.07, 6.45) is -2.20. The monoisotopic (exact) mass is 362 g/mol. The Labute approximate surface area is 145 Å². The Bertz CT molecular complexity index is 559. The number of carbonyl (C=O) groups excluding carboxylic acids is 1. The molecule has 2 aliphatic rings. The van der Waals surface area contributed by atoms with Crippen molar-refractivity contribution in [2.24, 2.45) is 11.3 Å². The van der Waals surface area contributed by atoms with Gasteiger partial charge in [-0.05, 0) is 43.3 Å². The number of nitrogens with one attached hydrogen (secondary N) is 2. The first kappa shape index (κ1) is 19.1. The molecule has 0 radical (unpaired) electrons. The average Bonchev–Trinajstić information content (AvgIpc) is 3.21. The number of amides is 1. The molecule has 1 aromatic carbocycles. The summed E-state index contributed by atoms with van der Waals surface area (Å²) in [6, 6.07) is 6.64. The molecule has 1 spiro atoms. The molecule has 2 N–H and O–H groups in total. The molecule has 134 valence electrons. The first-order chi connectivity index (χ1) is 10.9. The first-order valence-corrected chi connectivity index (χ1v) is 8.02. The Morgan fingerprint density at radius 2 is 1.88 bits per heavy atom. The van der Waals surface area contributed by atoms with E-state index < -0.39 is 18.1 Å². The third-order valence-electron chi connectivity index (χ3n) is 5.10. The van der Waals surface area contributed by atoms with E-state index in [4.69, 9.17) is 0 Å². The normalized spacial score (nSPS) is 23.2. The van der Waals surface area contributed by atoms with Crippen molar-refractivity contribution in [1.82, 2.24) is 10.6 Å². The average molecular weight is 363 g/mol. The van der Waals surface area contributed by atoms with Gasteiger partial charge < -0.3 is 10.6 Å². The van der Waals surface area contributed by atoms with Gasteiger partial charge in [0.1, 0.15) is 6.04 Å². The Kier molecular flexibility index (Phi) is 5.81. The van der Waals surface area contributed by atoms with E-state index in [2.05, 4.69) is 10.6 Å². The predicted octanol–water partition coefficient (Wildman–Crippen LogP) is 3.09. The summed E-state index contributed by atoms with van der Waals surface area (Å²) in [4.78, 5) is 12.3. The molecule has 2 atom stereocenters. The molecule has 1 amide bonds. The standard InChI is InChI=1S/C17H21F3N2O.ClH/c18-17(19,20)14(10-12-4-2-1-3-5-12)22-15(23)13-11-16(13)6-8-21-9-7-16;/h1-5,13-14,21H,6-11H2,(H,22,23);1H. The first-order valence-electron chi connectivity index (χ1n) is 8.02. The summed E-state index contributed by atoms with van der Waals surface area (Å²) in [5.41, 5.74) is 0.514. The SMILES string of the molecule is Cl.O=C(NC(Cc1ccccc1)C(F)(F)F)C1CC12CCNCC2. The molecule has 1 heterocycles. The van der Waals surface area contributed by atoms with Crippen molar-refractivity contribution in [3.05, 3.63) is 35.9 Å². The van der Waals surface area contributed by atoms with Crippen molar-refractivity contribution in [3.8, 4) is 0 Å². The fourth-order valence-electron chi connectivity index (χ4n) is 3.57. The van der Waals surface area contributed by atoms with E-state index >= 15 is 0 Å². The minimum Gasteiger partial charge on any atom is -0.344 e. The van der Waals surface area contributed by atoms with Crippen LogP contribution in [0.5, 0.6) is 0 Å². The highest BCUT2D eigenvalue weighted by molar-refractivity contribution is 5.85. The maximum Gasteiger partial charge on any atom is 0.408 e. The molecule has 0 bridgehead atoms. The Hall–Kier alpha value is -1.27. The predicted molar refractivity (Wildman–Crippen MR) is 88.0 cm³/mol. The molecule has 1 saturated heterocycles. The maximum absolute atomic E-state index is 13.3. The molecule has 1 aromatic rings. The van der Waals surface area contributed by atoms with E-state index in [0.29, 0.717) is 5.56 Å². The number of hydrogen-bond donors (Lipinski definition) is 2. The third-order valence-corrected chi connectivity index (χ3v) is 5.10. The summed E-state index contributed by atoms with van der Waals surface area (Å²) in [7, 11) is 0. The number of hydrogen-bond acceptors (Lipinski definition) is 2. The molecule has 7 heteroatoms. The summed E-state index contributed by atoms with van der Waals surface area (Å²) in [6.45, 7) is 1.69. The fraction of sp³-hybridized carbons (Fsp3) is 0.588. The van der Waals surface area contributed by atoms with Crippen molar-refractivity contribution in [3.63, 3.8) is 0 Å². The number of rotatable bonds is 4. The second-order valence-electron chi connectivity index (χ2n) is 6.66. The lowest BCUT2D eigenvalue weighted by Gasteiger charge is -2.25. The number of alkyl halides is 3. The maximum atomic E-state index is 13.3. The Balaban J connectivity index is 0.00000208. The lowest BCUT2D eigenvalue weighted by molar-refractivity contribution is -0.162. The van der Waals surface area contributed by atoms with Crippen molar-refractivity contribution in [1.29, 1.82) is 0 Å². The second-order valence-corrected chi connectivity index (χ2v) is 6.66. The van der Waals surface area contributed by atoms with Crippen LogP contribution in [0, 0.1) is 11.3 Å². The van der Waals surface area contributed by atoms with Gasteiger partial charge in [0, 0.05) is 12.3 Å². The molecule has 1 saturated carbocycles. The van der Waals surface area contributed by atoms with Crippen LogP contribution in [0.1, 0.15) is 24.8 Å². The van der Waals surface area contributed by atoms with Gasteiger partial charge in [0.25, 0.3) is 0 Å². The van der Waals surface area contributed by atoms with E-state index in [0.717, 1.165) is 32.4 Å². The van der Waals surface area contributed by atoms with Gasteiger partial charge >= 0.3 is 6.18 Å². The van der Waals surface area contributed by atoms with Crippen LogP contribution >= 0.6 is 12.4 Å². The van der Waals surface area contributed by atoms with E-state index in [9.17, 15) is 18.0 Å². The molecule has 0 aromatic heterocycles. The lowest BCUT2D eigenvalue weighted by atomic mass is 9.91. The number of halogens is 4. The summed E-state index contributed by atoms with van der Waals surface area (Å²) in [5.74, 6) is -0.699. The van der Waals surface area contributed by atoms with E-state index in [1.165, 1.54) is 0 Å². The van der Waals surface area contributed by atoms with Crippen LogP contribution in [-0.2, 0) is 11.2 Å². The van der Waals surface area contributed by atoms with Crippen molar-refractivity contribution in [2.45, 2.75) is 37.9 Å². The second kappa shape index (κ2) is 7.31.